The van der Waals surface area contributed by atoms with Crippen molar-refractivity contribution in [1.29, 1.82) is 0 Å². The highest BCUT2D eigenvalue weighted by Crippen LogP contribution is 2.27. The Morgan fingerprint density at radius 3 is 2.48 bits per heavy atom. The minimum absolute atomic E-state index is 0.0781. The van der Waals surface area contributed by atoms with E-state index in [1.54, 1.807) is 6.92 Å². The van der Waals surface area contributed by atoms with Crippen molar-refractivity contribution in [2.24, 2.45) is 5.92 Å². The molecule has 5 heteroatoms. The summed E-state index contributed by atoms with van der Waals surface area (Å²) in [4.78, 5) is 24.9. The van der Waals surface area contributed by atoms with E-state index in [0.29, 0.717) is 31.2 Å². The molecule has 1 N–H and O–H groups in total. The Kier molecular flexibility index (Phi) is 7.13. The Labute approximate surface area is 173 Å². The second-order valence-electron chi connectivity index (χ2n) is 8.04. The lowest BCUT2D eigenvalue weighted by molar-refractivity contribution is -0.122. The molecule has 1 aliphatic rings. The minimum Gasteiger partial charge on any atom is -0.462 e. The van der Waals surface area contributed by atoms with Crippen LogP contribution in [0.2, 0.25) is 0 Å². The van der Waals surface area contributed by atoms with Gasteiger partial charge >= 0.3 is 5.97 Å². The maximum atomic E-state index is 12.6. The van der Waals surface area contributed by atoms with Crippen molar-refractivity contribution in [2.45, 2.75) is 65.5 Å². The fourth-order valence-electron chi connectivity index (χ4n) is 4.11. The van der Waals surface area contributed by atoms with Gasteiger partial charge in [0.2, 0.25) is 5.91 Å². The van der Waals surface area contributed by atoms with Crippen LogP contribution in [-0.4, -0.2) is 29.1 Å². The molecule has 1 fully saturated rings. The van der Waals surface area contributed by atoms with E-state index < -0.39 is 0 Å². The summed E-state index contributed by atoms with van der Waals surface area (Å²) in [6.07, 6.45) is 4.89. The molecule has 5 nitrogen and oxygen atoms in total. The summed E-state index contributed by atoms with van der Waals surface area (Å²) in [5, 5.41) is 3.19. The number of nitrogens with one attached hydrogen (secondary N) is 1. The molecule has 1 heterocycles. The molecule has 0 unspecified atom stereocenters. The first-order valence-corrected chi connectivity index (χ1v) is 10.7. The molecule has 1 aromatic heterocycles. The van der Waals surface area contributed by atoms with Crippen molar-refractivity contribution in [2.75, 3.05) is 6.61 Å². The molecule has 0 saturated heterocycles. The minimum atomic E-state index is -0.318. The van der Waals surface area contributed by atoms with Crippen LogP contribution in [0.3, 0.4) is 0 Å². The van der Waals surface area contributed by atoms with Gasteiger partial charge in [0.25, 0.3) is 0 Å². The van der Waals surface area contributed by atoms with E-state index in [1.807, 2.05) is 43.3 Å². The molecule has 0 atom stereocenters. The molecule has 156 valence electrons. The fraction of sp³-hybridized carbons (Fsp3) is 0.500. The van der Waals surface area contributed by atoms with Crippen LogP contribution in [0.5, 0.6) is 0 Å². The van der Waals surface area contributed by atoms with Gasteiger partial charge in [-0.05, 0) is 57.1 Å². The van der Waals surface area contributed by atoms with E-state index in [1.165, 1.54) is 12.8 Å². The van der Waals surface area contributed by atoms with Gasteiger partial charge in [-0.15, -0.1) is 0 Å². The lowest BCUT2D eigenvalue weighted by atomic mass is 9.87. The first-order valence-electron chi connectivity index (χ1n) is 10.7. The van der Waals surface area contributed by atoms with Gasteiger partial charge < -0.3 is 14.6 Å². The number of benzene rings is 1. The Morgan fingerprint density at radius 1 is 1.14 bits per heavy atom. The summed E-state index contributed by atoms with van der Waals surface area (Å²) in [6.45, 7) is 6.87. The number of hydrogen-bond acceptors (Lipinski definition) is 3. The van der Waals surface area contributed by atoms with Crippen molar-refractivity contribution in [3.05, 3.63) is 47.7 Å². The highest BCUT2D eigenvalue weighted by atomic mass is 16.5. The lowest BCUT2D eigenvalue weighted by Crippen LogP contribution is -2.37. The Bertz CT molecular complexity index is 833. The van der Waals surface area contributed by atoms with E-state index in [0.717, 1.165) is 35.7 Å². The Balaban J connectivity index is 1.74. The number of esters is 1. The summed E-state index contributed by atoms with van der Waals surface area (Å²) in [5.74, 6) is 0.525. The number of ether oxygens (including phenoxy) is 1. The van der Waals surface area contributed by atoms with Crippen LogP contribution in [0.4, 0.5) is 0 Å². The van der Waals surface area contributed by atoms with Gasteiger partial charge in [0.05, 0.1) is 12.2 Å². The molecule has 29 heavy (non-hydrogen) atoms. The molecule has 2 aromatic rings. The molecule has 0 spiro atoms. The second kappa shape index (κ2) is 9.77. The fourth-order valence-corrected chi connectivity index (χ4v) is 4.11. The molecule has 1 amide bonds. The van der Waals surface area contributed by atoms with E-state index in [4.69, 9.17) is 4.74 Å². The number of carbonyl (C=O) groups excluding carboxylic acids is 2. The van der Waals surface area contributed by atoms with Gasteiger partial charge in [0.1, 0.15) is 0 Å². The van der Waals surface area contributed by atoms with Gasteiger partial charge in [-0.2, -0.15) is 0 Å². The predicted molar refractivity (Wildman–Crippen MR) is 115 cm³/mol. The molecule has 3 rings (SSSR count). The summed E-state index contributed by atoms with van der Waals surface area (Å²) < 4.78 is 7.28. The van der Waals surface area contributed by atoms with Crippen LogP contribution >= 0.6 is 0 Å². The number of hydrogen-bond donors (Lipinski definition) is 1. The third-order valence-corrected chi connectivity index (χ3v) is 5.87. The zero-order chi connectivity index (χ0) is 20.8. The number of amides is 1. The van der Waals surface area contributed by atoms with Gasteiger partial charge in [-0.25, -0.2) is 4.79 Å². The molecule has 1 saturated carbocycles. The van der Waals surface area contributed by atoms with Crippen LogP contribution in [-0.2, 0) is 16.1 Å². The number of rotatable bonds is 7. The molecule has 0 aliphatic heterocycles. The van der Waals surface area contributed by atoms with Gasteiger partial charge in [-0.1, -0.05) is 37.3 Å². The average Bonchev–Trinajstić information content (AvgIpc) is 3.05. The number of carbonyl (C=O) groups is 2. The standard InChI is InChI=1S/C24H32N2O3/c1-4-29-24(28)21-16-22(19-8-6-5-7-9-19)26(18(21)3)15-14-23(27)25-20-12-10-17(2)11-13-20/h5-9,16-17,20H,4,10-15H2,1-3H3,(H,25,27). The normalized spacial score (nSPS) is 19.0. The Morgan fingerprint density at radius 2 is 1.83 bits per heavy atom. The van der Waals surface area contributed by atoms with Crippen LogP contribution in [0, 0.1) is 12.8 Å². The number of aromatic nitrogens is 1. The van der Waals surface area contributed by atoms with Gasteiger partial charge in [0.15, 0.2) is 0 Å². The topological polar surface area (TPSA) is 60.3 Å². The third kappa shape index (κ3) is 5.28. The van der Waals surface area contributed by atoms with Crippen molar-refractivity contribution in [3.8, 4) is 11.3 Å². The maximum Gasteiger partial charge on any atom is 0.339 e. The van der Waals surface area contributed by atoms with Gasteiger partial charge in [-0.3, -0.25) is 4.79 Å². The van der Waals surface area contributed by atoms with Gasteiger partial charge in [0, 0.05) is 30.4 Å². The van der Waals surface area contributed by atoms with Crippen LogP contribution in [0.1, 0.15) is 62.0 Å². The quantitative estimate of drug-likeness (QED) is 0.689. The summed E-state index contributed by atoms with van der Waals surface area (Å²) in [6, 6.07) is 12.1. The highest BCUT2D eigenvalue weighted by Gasteiger charge is 2.22. The van der Waals surface area contributed by atoms with Crippen LogP contribution in [0.25, 0.3) is 11.3 Å². The zero-order valence-corrected chi connectivity index (χ0v) is 17.7. The monoisotopic (exact) mass is 396 g/mol. The van der Waals surface area contributed by atoms with E-state index in [2.05, 4.69) is 16.8 Å². The van der Waals surface area contributed by atoms with E-state index in [-0.39, 0.29) is 11.9 Å². The van der Waals surface area contributed by atoms with E-state index >= 15 is 0 Å². The molecular formula is C24H32N2O3. The summed E-state index contributed by atoms with van der Waals surface area (Å²) in [7, 11) is 0. The van der Waals surface area contributed by atoms with Crippen molar-refractivity contribution >= 4 is 11.9 Å². The van der Waals surface area contributed by atoms with Crippen LogP contribution < -0.4 is 5.32 Å². The summed E-state index contributed by atoms with van der Waals surface area (Å²) >= 11 is 0. The smallest absolute Gasteiger partial charge is 0.339 e. The maximum absolute atomic E-state index is 12.6. The van der Waals surface area contributed by atoms with E-state index in [9.17, 15) is 9.59 Å². The Hall–Kier alpha value is -2.56. The second-order valence-corrected chi connectivity index (χ2v) is 8.04. The average molecular weight is 397 g/mol. The zero-order valence-electron chi connectivity index (χ0n) is 17.7. The molecular weight excluding hydrogens is 364 g/mol. The molecule has 0 radical (unpaired) electrons. The molecule has 1 aliphatic carbocycles. The highest BCUT2D eigenvalue weighted by molar-refractivity contribution is 5.92. The molecule has 1 aromatic carbocycles. The predicted octanol–water partition coefficient (Wildman–Crippen LogP) is 4.73. The lowest BCUT2D eigenvalue weighted by Gasteiger charge is -2.27. The third-order valence-electron chi connectivity index (χ3n) is 5.87. The van der Waals surface area contributed by atoms with Crippen molar-refractivity contribution < 1.29 is 14.3 Å². The molecule has 0 bridgehead atoms. The first-order chi connectivity index (χ1) is 14.0. The van der Waals surface area contributed by atoms with Crippen LogP contribution in [0.15, 0.2) is 36.4 Å². The largest absolute Gasteiger partial charge is 0.462 e. The summed E-state index contributed by atoms with van der Waals surface area (Å²) in [5.41, 5.74) is 3.35. The SMILES string of the molecule is CCOC(=O)c1cc(-c2ccccc2)n(CCC(=O)NC2CCC(C)CC2)c1C. The van der Waals surface area contributed by atoms with Crippen molar-refractivity contribution in [1.82, 2.24) is 9.88 Å². The first kappa shape index (κ1) is 21.2. The van der Waals surface area contributed by atoms with Crippen molar-refractivity contribution in [3.63, 3.8) is 0 Å². The number of nitrogens with zero attached hydrogens (tertiary/aromatic N) is 1.